The zero-order valence-electron chi connectivity index (χ0n) is 15.9. The van der Waals surface area contributed by atoms with Crippen LogP contribution in [0.4, 0.5) is 15.3 Å². The van der Waals surface area contributed by atoms with E-state index >= 15 is 0 Å². The predicted molar refractivity (Wildman–Crippen MR) is 109 cm³/mol. The number of hydrogen-bond donors (Lipinski definition) is 3. The van der Waals surface area contributed by atoms with Crippen LogP contribution in [-0.4, -0.2) is 30.1 Å². The second kappa shape index (κ2) is 8.43. The summed E-state index contributed by atoms with van der Waals surface area (Å²) in [6.45, 7) is 3.97. The average molecular weight is 387 g/mol. The first-order valence-electron chi connectivity index (χ1n) is 9.18. The van der Waals surface area contributed by atoms with Crippen molar-refractivity contribution in [3.05, 3.63) is 52.2 Å². The van der Waals surface area contributed by atoms with Gasteiger partial charge in [0, 0.05) is 23.7 Å². The van der Waals surface area contributed by atoms with Crippen LogP contribution in [0.15, 0.2) is 41.8 Å². The molecular weight excluding hydrogens is 360 g/mol. The van der Waals surface area contributed by atoms with Gasteiger partial charge in [0.05, 0.1) is 12.1 Å². The molecule has 1 saturated carbocycles. The molecule has 27 heavy (non-hydrogen) atoms. The molecule has 1 aliphatic rings. The van der Waals surface area contributed by atoms with Crippen LogP contribution in [0.5, 0.6) is 0 Å². The molecule has 1 aromatic heterocycles. The summed E-state index contributed by atoms with van der Waals surface area (Å²) in [5, 5.41) is 10.8. The lowest BCUT2D eigenvalue weighted by Gasteiger charge is -2.26. The SMILES string of the molecule is CC(NC(=O)N(C)C(C)c1cccs1)c1ccc(NC(=O)NC2CC2)cc1. The first-order valence-corrected chi connectivity index (χ1v) is 10.1. The lowest BCUT2D eigenvalue weighted by Crippen LogP contribution is -2.39. The molecule has 144 valence electrons. The Kier molecular flexibility index (Phi) is 6.01. The van der Waals surface area contributed by atoms with Crippen LogP contribution >= 0.6 is 11.3 Å². The van der Waals surface area contributed by atoms with Gasteiger partial charge in [0.1, 0.15) is 0 Å². The van der Waals surface area contributed by atoms with Crippen molar-refractivity contribution in [2.24, 2.45) is 0 Å². The molecule has 0 spiro atoms. The third-order valence-electron chi connectivity index (χ3n) is 4.78. The Morgan fingerprint density at radius 2 is 1.85 bits per heavy atom. The van der Waals surface area contributed by atoms with Gasteiger partial charge in [-0.25, -0.2) is 9.59 Å². The lowest BCUT2D eigenvalue weighted by atomic mass is 10.1. The molecule has 0 saturated heterocycles. The fourth-order valence-corrected chi connectivity index (χ4v) is 3.53. The van der Waals surface area contributed by atoms with Gasteiger partial charge in [-0.3, -0.25) is 0 Å². The van der Waals surface area contributed by atoms with Crippen molar-refractivity contribution in [3.63, 3.8) is 0 Å². The van der Waals surface area contributed by atoms with Crippen LogP contribution in [-0.2, 0) is 0 Å². The summed E-state index contributed by atoms with van der Waals surface area (Å²) in [5.74, 6) is 0. The predicted octanol–water partition coefficient (Wildman–Crippen LogP) is 4.50. The van der Waals surface area contributed by atoms with Crippen molar-refractivity contribution >= 4 is 29.1 Å². The molecule has 4 amide bonds. The number of hydrogen-bond acceptors (Lipinski definition) is 3. The number of nitrogens with zero attached hydrogens (tertiary/aromatic N) is 1. The van der Waals surface area contributed by atoms with Gasteiger partial charge < -0.3 is 20.9 Å². The Balaban J connectivity index is 1.52. The highest BCUT2D eigenvalue weighted by Gasteiger charge is 2.23. The van der Waals surface area contributed by atoms with E-state index in [1.165, 1.54) is 0 Å². The van der Waals surface area contributed by atoms with Gasteiger partial charge in [-0.05, 0) is 55.8 Å². The highest BCUT2D eigenvalue weighted by atomic mass is 32.1. The molecule has 3 rings (SSSR count). The van der Waals surface area contributed by atoms with Gasteiger partial charge in [-0.15, -0.1) is 11.3 Å². The largest absolute Gasteiger partial charge is 0.335 e. The topological polar surface area (TPSA) is 73.5 Å². The van der Waals surface area contributed by atoms with Gasteiger partial charge >= 0.3 is 12.1 Å². The fraction of sp³-hybridized carbons (Fsp3) is 0.400. The Bertz CT molecular complexity index is 772. The lowest BCUT2D eigenvalue weighted by molar-refractivity contribution is 0.192. The Labute approximate surface area is 164 Å². The summed E-state index contributed by atoms with van der Waals surface area (Å²) in [6.07, 6.45) is 2.12. The van der Waals surface area contributed by atoms with Gasteiger partial charge in [-0.1, -0.05) is 18.2 Å². The summed E-state index contributed by atoms with van der Waals surface area (Å²) in [6, 6.07) is 11.5. The van der Waals surface area contributed by atoms with Crippen LogP contribution in [0.2, 0.25) is 0 Å². The van der Waals surface area contributed by atoms with Crippen LogP contribution in [0.25, 0.3) is 0 Å². The van der Waals surface area contributed by atoms with E-state index in [4.69, 9.17) is 0 Å². The number of rotatable bonds is 6. The minimum atomic E-state index is -0.171. The quantitative estimate of drug-likeness (QED) is 0.684. The van der Waals surface area contributed by atoms with Gasteiger partial charge in [0.15, 0.2) is 0 Å². The monoisotopic (exact) mass is 386 g/mol. The third kappa shape index (κ3) is 5.23. The average Bonchev–Trinajstić information content (AvgIpc) is 3.29. The van der Waals surface area contributed by atoms with E-state index < -0.39 is 0 Å². The zero-order valence-corrected chi connectivity index (χ0v) is 16.7. The molecule has 2 unspecified atom stereocenters. The molecule has 7 heteroatoms. The third-order valence-corrected chi connectivity index (χ3v) is 5.82. The van der Waals surface area contributed by atoms with Crippen molar-refractivity contribution in [2.75, 3.05) is 12.4 Å². The number of carbonyl (C=O) groups excluding carboxylic acids is 2. The van der Waals surface area contributed by atoms with E-state index in [-0.39, 0.29) is 24.1 Å². The molecule has 1 aromatic carbocycles. The molecule has 1 aliphatic carbocycles. The maximum atomic E-state index is 12.5. The smallest absolute Gasteiger partial charge is 0.319 e. The number of nitrogens with one attached hydrogen (secondary N) is 3. The summed E-state index contributed by atoms with van der Waals surface area (Å²) in [4.78, 5) is 27.2. The molecule has 0 aliphatic heterocycles. The maximum absolute atomic E-state index is 12.5. The molecule has 3 N–H and O–H groups in total. The molecule has 0 radical (unpaired) electrons. The second-order valence-corrected chi connectivity index (χ2v) is 7.95. The van der Waals surface area contributed by atoms with Crippen LogP contribution in [0.3, 0.4) is 0 Å². The highest BCUT2D eigenvalue weighted by Crippen LogP contribution is 2.24. The number of anilines is 1. The van der Waals surface area contributed by atoms with Crippen molar-refractivity contribution in [3.8, 4) is 0 Å². The number of benzene rings is 1. The van der Waals surface area contributed by atoms with Crippen molar-refractivity contribution in [1.82, 2.24) is 15.5 Å². The van der Waals surface area contributed by atoms with E-state index in [1.54, 1.807) is 23.3 Å². The standard InChI is InChI=1S/C20H26N4O2S/c1-13(21-20(26)24(3)14(2)18-5-4-12-27-18)15-6-8-16(9-7-15)22-19(25)23-17-10-11-17/h4-9,12-14,17H,10-11H2,1-3H3,(H,21,26)(H2,22,23,25). The minimum Gasteiger partial charge on any atom is -0.335 e. The summed E-state index contributed by atoms with van der Waals surface area (Å²) >= 11 is 1.64. The van der Waals surface area contributed by atoms with Gasteiger partial charge in [0.25, 0.3) is 0 Å². The normalized spacial score (nSPS) is 15.5. The van der Waals surface area contributed by atoms with E-state index in [0.29, 0.717) is 6.04 Å². The first kappa shape index (κ1) is 19.2. The summed E-state index contributed by atoms with van der Waals surface area (Å²) in [5.41, 5.74) is 1.72. The second-order valence-electron chi connectivity index (χ2n) is 6.97. The molecule has 6 nitrogen and oxygen atoms in total. The molecule has 2 atom stereocenters. The number of urea groups is 2. The van der Waals surface area contributed by atoms with Crippen LogP contribution in [0.1, 0.15) is 49.2 Å². The number of amides is 4. The van der Waals surface area contributed by atoms with E-state index in [1.807, 2.05) is 55.6 Å². The molecule has 1 fully saturated rings. The Morgan fingerprint density at radius 1 is 1.15 bits per heavy atom. The van der Waals surface area contributed by atoms with Gasteiger partial charge in [-0.2, -0.15) is 0 Å². The van der Waals surface area contributed by atoms with E-state index in [0.717, 1.165) is 29.0 Å². The first-order chi connectivity index (χ1) is 12.9. The Hall–Kier alpha value is -2.54. The summed E-state index contributed by atoms with van der Waals surface area (Å²) < 4.78 is 0. The van der Waals surface area contributed by atoms with E-state index in [9.17, 15) is 9.59 Å². The molecule has 0 bridgehead atoms. The van der Waals surface area contributed by atoms with Gasteiger partial charge in [0.2, 0.25) is 0 Å². The Morgan fingerprint density at radius 3 is 2.44 bits per heavy atom. The van der Waals surface area contributed by atoms with Crippen molar-refractivity contribution < 1.29 is 9.59 Å². The van der Waals surface area contributed by atoms with Crippen LogP contribution < -0.4 is 16.0 Å². The van der Waals surface area contributed by atoms with Crippen molar-refractivity contribution in [1.29, 1.82) is 0 Å². The molecule has 1 heterocycles. The number of thiophene rings is 1. The maximum Gasteiger partial charge on any atom is 0.319 e. The minimum absolute atomic E-state index is 0.0220. The zero-order chi connectivity index (χ0) is 19.4. The van der Waals surface area contributed by atoms with Crippen LogP contribution in [0, 0.1) is 0 Å². The van der Waals surface area contributed by atoms with Crippen molar-refractivity contribution in [2.45, 2.75) is 44.8 Å². The number of carbonyl (C=O) groups is 2. The molecule has 2 aromatic rings. The van der Waals surface area contributed by atoms with E-state index in [2.05, 4.69) is 16.0 Å². The summed E-state index contributed by atoms with van der Waals surface area (Å²) in [7, 11) is 1.80. The highest BCUT2D eigenvalue weighted by molar-refractivity contribution is 7.10. The fourth-order valence-electron chi connectivity index (χ4n) is 2.70. The molecular formula is C20H26N4O2S.